The van der Waals surface area contributed by atoms with E-state index in [0.29, 0.717) is 45.8 Å². The van der Waals surface area contributed by atoms with E-state index in [-0.39, 0.29) is 11.5 Å². The molecule has 0 saturated carbocycles. The van der Waals surface area contributed by atoms with Crippen molar-refractivity contribution in [1.82, 2.24) is 9.97 Å². The summed E-state index contributed by atoms with van der Waals surface area (Å²) in [5.74, 6) is 0.0164. The number of nitrogens with zero attached hydrogens (tertiary/aromatic N) is 2. The lowest BCUT2D eigenvalue weighted by Gasteiger charge is -2.16. The van der Waals surface area contributed by atoms with E-state index in [2.05, 4.69) is 9.97 Å². The minimum absolute atomic E-state index is 0.0669. The summed E-state index contributed by atoms with van der Waals surface area (Å²) in [5, 5.41) is 20.1. The number of carboxylic acids is 1. The fourth-order valence-corrected chi connectivity index (χ4v) is 3.54. The Labute approximate surface area is 195 Å². The minimum atomic E-state index is -1.09. The first-order valence-corrected chi connectivity index (χ1v) is 10.3. The van der Waals surface area contributed by atoms with Gasteiger partial charge in [0.15, 0.2) is 23.0 Å². The van der Waals surface area contributed by atoms with Crippen LogP contribution in [0.4, 0.5) is 0 Å². The molecule has 0 radical (unpaired) electrons. The van der Waals surface area contributed by atoms with Crippen molar-refractivity contribution in [3.05, 3.63) is 78.1 Å². The van der Waals surface area contributed by atoms with Crippen LogP contribution < -0.4 is 14.2 Å². The average Bonchev–Trinajstić information content (AvgIpc) is 2.86. The molecule has 0 fully saturated rings. The Kier molecular flexibility index (Phi) is 6.59. The van der Waals surface area contributed by atoms with E-state index >= 15 is 0 Å². The Morgan fingerprint density at radius 2 is 1.74 bits per heavy atom. The fourth-order valence-electron chi connectivity index (χ4n) is 3.54. The fraction of sp³-hybridized carbons (Fsp3) is 0.115. The van der Waals surface area contributed by atoms with Crippen LogP contribution in [0.15, 0.2) is 67.0 Å². The molecule has 0 aliphatic heterocycles. The highest BCUT2D eigenvalue weighted by Gasteiger charge is 2.17. The second-order valence-corrected chi connectivity index (χ2v) is 7.30. The molecule has 0 spiro atoms. The van der Waals surface area contributed by atoms with Crippen LogP contribution in [-0.4, -0.2) is 40.4 Å². The number of fused-ring (bicyclic) bond motifs is 1. The van der Waals surface area contributed by atoms with E-state index < -0.39 is 5.97 Å². The maximum atomic E-state index is 11.2. The van der Waals surface area contributed by atoms with Gasteiger partial charge in [0.2, 0.25) is 0 Å². The number of phenolic OH excluding ortho intramolecular Hbond substituents is 1. The molecule has 1 heterocycles. The standard InChI is InChI=1S/C26H22N2O6/c1-32-22-13-20-19(11-21(22)29)26(28-15-27-20)18-12-24(34-14-16-6-4-3-5-7-16)23(33-2)10-17(18)8-9-25(30)31/h3-13,15,29H,14H2,1-2H3,(H,30,31)/b9-8+. The van der Waals surface area contributed by atoms with Gasteiger partial charge < -0.3 is 24.4 Å². The van der Waals surface area contributed by atoms with Gasteiger partial charge >= 0.3 is 5.97 Å². The van der Waals surface area contributed by atoms with Crippen molar-refractivity contribution in [3.63, 3.8) is 0 Å². The van der Waals surface area contributed by atoms with Crippen LogP contribution in [0.2, 0.25) is 0 Å². The van der Waals surface area contributed by atoms with E-state index in [1.807, 2.05) is 30.3 Å². The first-order valence-electron chi connectivity index (χ1n) is 10.3. The molecule has 4 aromatic rings. The lowest BCUT2D eigenvalue weighted by molar-refractivity contribution is -0.131. The normalized spacial score (nSPS) is 11.0. The lowest BCUT2D eigenvalue weighted by Crippen LogP contribution is -2.00. The van der Waals surface area contributed by atoms with Gasteiger partial charge in [-0.3, -0.25) is 0 Å². The summed E-state index contributed by atoms with van der Waals surface area (Å²) >= 11 is 0. The van der Waals surface area contributed by atoms with E-state index in [9.17, 15) is 15.0 Å². The molecular weight excluding hydrogens is 436 g/mol. The van der Waals surface area contributed by atoms with E-state index in [4.69, 9.17) is 14.2 Å². The molecule has 0 aliphatic carbocycles. The number of carboxylic acid groups (broad SMARTS) is 1. The van der Waals surface area contributed by atoms with Gasteiger partial charge in [0.05, 0.1) is 25.4 Å². The summed E-state index contributed by atoms with van der Waals surface area (Å²) in [6, 6.07) is 16.2. The predicted octanol–water partition coefficient (Wildman–Crippen LogP) is 4.70. The van der Waals surface area contributed by atoms with Gasteiger partial charge in [-0.25, -0.2) is 14.8 Å². The van der Waals surface area contributed by atoms with E-state index in [0.717, 1.165) is 11.6 Å². The van der Waals surface area contributed by atoms with Crippen LogP contribution in [0.5, 0.6) is 23.0 Å². The average molecular weight is 458 g/mol. The molecule has 0 aliphatic rings. The smallest absolute Gasteiger partial charge is 0.328 e. The summed E-state index contributed by atoms with van der Waals surface area (Å²) in [6.45, 7) is 0.309. The zero-order valence-corrected chi connectivity index (χ0v) is 18.6. The highest BCUT2D eigenvalue weighted by atomic mass is 16.5. The minimum Gasteiger partial charge on any atom is -0.504 e. The molecule has 0 unspecified atom stereocenters. The SMILES string of the molecule is COc1cc2ncnc(-c3cc(OCc4ccccc4)c(OC)cc3/C=C/C(=O)O)c2cc1O. The molecule has 0 atom stereocenters. The third-order valence-corrected chi connectivity index (χ3v) is 5.17. The monoisotopic (exact) mass is 458 g/mol. The van der Waals surface area contributed by atoms with Crippen LogP contribution in [0.3, 0.4) is 0 Å². The van der Waals surface area contributed by atoms with Crippen LogP contribution in [0.25, 0.3) is 28.2 Å². The molecule has 4 rings (SSSR count). The Hall–Kier alpha value is -4.59. The number of methoxy groups -OCH3 is 2. The number of hydrogen-bond acceptors (Lipinski definition) is 7. The van der Waals surface area contributed by atoms with Gasteiger partial charge in [-0.15, -0.1) is 0 Å². The Bertz CT molecular complexity index is 1370. The van der Waals surface area contributed by atoms with E-state index in [1.54, 1.807) is 18.2 Å². The van der Waals surface area contributed by atoms with Crippen LogP contribution >= 0.6 is 0 Å². The topological polar surface area (TPSA) is 111 Å². The van der Waals surface area contributed by atoms with Gasteiger partial charge in [-0.1, -0.05) is 30.3 Å². The second kappa shape index (κ2) is 9.91. The molecule has 1 aromatic heterocycles. The van der Waals surface area contributed by atoms with Crippen LogP contribution in [-0.2, 0) is 11.4 Å². The molecule has 8 nitrogen and oxygen atoms in total. The molecule has 0 amide bonds. The van der Waals surface area contributed by atoms with Crippen molar-refractivity contribution < 1.29 is 29.2 Å². The summed E-state index contributed by atoms with van der Waals surface area (Å²) in [5.41, 5.74) is 3.14. The molecule has 2 N–H and O–H groups in total. The molecule has 3 aromatic carbocycles. The van der Waals surface area contributed by atoms with Crippen molar-refractivity contribution in [3.8, 4) is 34.3 Å². The lowest BCUT2D eigenvalue weighted by atomic mass is 9.99. The summed E-state index contributed by atoms with van der Waals surface area (Å²) < 4.78 is 16.8. The molecule has 8 heteroatoms. The van der Waals surface area contributed by atoms with Crippen molar-refractivity contribution >= 4 is 22.9 Å². The van der Waals surface area contributed by atoms with Gasteiger partial charge in [0.25, 0.3) is 0 Å². The number of ether oxygens (including phenoxy) is 3. The third-order valence-electron chi connectivity index (χ3n) is 5.17. The van der Waals surface area contributed by atoms with Crippen molar-refractivity contribution in [2.75, 3.05) is 14.2 Å². The molecule has 172 valence electrons. The summed E-state index contributed by atoms with van der Waals surface area (Å²) in [7, 11) is 2.97. The maximum absolute atomic E-state index is 11.2. The summed E-state index contributed by atoms with van der Waals surface area (Å²) in [6.07, 6.45) is 3.89. The largest absolute Gasteiger partial charge is 0.504 e. The van der Waals surface area contributed by atoms with Crippen LogP contribution in [0, 0.1) is 0 Å². The third kappa shape index (κ3) is 4.75. The number of benzene rings is 3. The second-order valence-electron chi connectivity index (χ2n) is 7.30. The number of rotatable bonds is 8. The molecular formula is C26H22N2O6. The zero-order chi connectivity index (χ0) is 24.1. The van der Waals surface area contributed by atoms with Crippen molar-refractivity contribution in [1.29, 1.82) is 0 Å². The van der Waals surface area contributed by atoms with E-state index in [1.165, 1.54) is 32.7 Å². The van der Waals surface area contributed by atoms with Gasteiger partial charge in [-0.2, -0.15) is 0 Å². The molecule has 0 saturated heterocycles. The Morgan fingerprint density at radius 1 is 0.971 bits per heavy atom. The maximum Gasteiger partial charge on any atom is 0.328 e. The van der Waals surface area contributed by atoms with Crippen LogP contribution in [0.1, 0.15) is 11.1 Å². The Morgan fingerprint density at radius 3 is 2.44 bits per heavy atom. The predicted molar refractivity (Wildman–Crippen MR) is 127 cm³/mol. The van der Waals surface area contributed by atoms with Gasteiger partial charge in [0, 0.05) is 23.1 Å². The van der Waals surface area contributed by atoms with Crippen molar-refractivity contribution in [2.45, 2.75) is 6.61 Å². The number of carbonyl (C=O) groups is 1. The van der Waals surface area contributed by atoms with Gasteiger partial charge in [-0.05, 0) is 35.4 Å². The number of aliphatic carboxylic acids is 1. The Balaban J connectivity index is 1.89. The number of aromatic hydroxyl groups is 1. The van der Waals surface area contributed by atoms with Gasteiger partial charge in [0.1, 0.15) is 12.9 Å². The quantitative estimate of drug-likeness (QED) is 0.366. The van der Waals surface area contributed by atoms with Crippen molar-refractivity contribution in [2.24, 2.45) is 0 Å². The molecule has 34 heavy (non-hydrogen) atoms. The highest BCUT2D eigenvalue weighted by Crippen LogP contribution is 2.40. The highest BCUT2D eigenvalue weighted by molar-refractivity contribution is 5.97. The molecule has 0 bridgehead atoms. The summed E-state index contributed by atoms with van der Waals surface area (Å²) in [4.78, 5) is 19.9. The number of hydrogen-bond donors (Lipinski definition) is 2. The number of phenols is 1. The zero-order valence-electron chi connectivity index (χ0n) is 18.6. The first kappa shape index (κ1) is 22.6. The number of aromatic nitrogens is 2. The first-order chi connectivity index (χ1) is 16.5.